The second-order valence-corrected chi connectivity index (χ2v) is 5.87. The van der Waals surface area contributed by atoms with Gasteiger partial charge in [0.1, 0.15) is 0 Å². The molecule has 2 atom stereocenters. The van der Waals surface area contributed by atoms with Crippen LogP contribution in [0.15, 0.2) is 36.5 Å². The molecule has 0 saturated carbocycles. The molecule has 2 rings (SSSR count). The Morgan fingerprint density at radius 1 is 1.24 bits per heavy atom. The van der Waals surface area contributed by atoms with Gasteiger partial charge in [-0.1, -0.05) is 31.2 Å². The summed E-state index contributed by atoms with van der Waals surface area (Å²) in [4.78, 5) is 0. The first-order chi connectivity index (χ1) is 10.1. The summed E-state index contributed by atoms with van der Waals surface area (Å²) in [6.07, 6.45) is 5.08. The Balaban J connectivity index is 1.86. The van der Waals surface area contributed by atoms with E-state index >= 15 is 0 Å². The van der Waals surface area contributed by atoms with Crippen molar-refractivity contribution in [3.8, 4) is 0 Å². The van der Waals surface area contributed by atoms with E-state index in [1.165, 1.54) is 11.1 Å². The molecule has 0 aliphatic rings. The van der Waals surface area contributed by atoms with Gasteiger partial charge in [-0.2, -0.15) is 5.10 Å². The van der Waals surface area contributed by atoms with Crippen molar-refractivity contribution in [2.24, 2.45) is 0 Å². The van der Waals surface area contributed by atoms with Crippen LogP contribution in [0.5, 0.6) is 0 Å². The second kappa shape index (κ2) is 7.41. The van der Waals surface area contributed by atoms with Crippen LogP contribution in [-0.2, 0) is 12.8 Å². The molecule has 1 aromatic carbocycles. The zero-order valence-electron chi connectivity index (χ0n) is 13.3. The van der Waals surface area contributed by atoms with E-state index in [1.54, 1.807) is 0 Å². The number of rotatable bonds is 7. The van der Waals surface area contributed by atoms with Crippen molar-refractivity contribution >= 4 is 0 Å². The molecule has 3 nitrogen and oxygen atoms in total. The number of aryl methyl sites for hydroxylation is 2. The molecule has 0 bridgehead atoms. The summed E-state index contributed by atoms with van der Waals surface area (Å²) < 4.78 is 1.99. The molecule has 3 heteroatoms. The van der Waals surface area contributed by atoms with Gasteiger partial charge in [0.25, 0.3) is 0 Å². The Morgan fingerprint density at radius 3 is 2.71 bits per heavy atom. The Kier molecular flexibility index (Phi) is 5.57. The fourth-order valence-electron chi connectivity index (χ4n) is 2.47. The largest absolute Gasteiger partial charge is 0.393 e. The van der Waals surface area contributed by atoms with Gasteiger partial charge in [0, 0.05) is 18.7 Å². The van der Waals surface area contributed by atoms with E-state index < -0.39 is 0 Å². The molecule has 2 aromatic rings. The minimum Gasteiger partial charge on any atom is -0.393 e. The van der Waals surface area contributed by atoms with Gasteiger partial charge >= 0.3 is 0 Å². The first-order valence-corrected chi connectivity index (χ1v) is 7.86. The highest BCUT2D eigenvalue weighted by molar-refractivity contribution is 5.25. The highest BCUT2D eigenvalue weighted by atomic mass is 16.3. The number of benzene rings is 1. The molecule has 0 radical (unpaired) electrons. The third-order valence-corrected chi connectivity index (χ3v) is 4.16. The lowest BCUT2D eigenvalue weighted by Gasteiger charge is -2.11. The predicted octanol–water partition coefficient (Wildman–Crippen LogP) is 3.70. The van der Waals surface area contributed by atoms with Crippen LogP contribution < -0.4 is 0 Å². The molecule has 2 unspecified atom stereocenters. The fraction of sp³-hybridized carbons (Fsp3) is 0.500. The van der Waals surface area contributed by atoms with E-state index in [0.29, 0.717) is 12.5 Å². The quantitative estimate of drug-likeness (QED) is 0.843. The average molecular weight is 286 g/mol. The Labute approximate surface area is 127 Å². The molecule has 0 saturated heterocycles. The molecule has 0 aliphatic carbocycles. The van der Waals surface area contributed by atoms with E-state index in [0.717, 1.165) is 25.0 Å². The van der Waals surface area contributed by atoms with Crippen LogP contribution in [-0.4, -0.2) is 21.0 Å². The smallest absolute Gasteiger partial charge is 0.0650 e. The third-order valence-electron chi connectivity index (χ3n) is 4.16. The van der Waals surface area contributed by atoms with Gasteiger partial charge in [-0.25, -0.2) is 0 Å². The topological polar surface area (TPSA) is 38.0 Å². The van der Waals surface area contributed by atoms with Crippen molar-refractivity contribution < 1.29 is 5.11 Å². The van der Waals surface area contributed by atoms with Crippen LogP contribution in [0.25, 0.3) is 0 Å². The monoisotopic (exact) mass is 286 g/mol. The summed E-state index contributed by atoms with van der Waals surface area (Å²) in [5, 5.41) is 14.8. The standard InChI is InChI=1S/C18H26N2O/c1-4-15(3)20-12-11-17(19-20)13-18(21)10-9-16-8-6-5-7-14(16)2/h5-8,11-12,15,18,21H,4,9-10,13H2,1-3H3. The van der Waals surface area contributed by atoms with Crippen LogP contribution in [0.1, 0.15) is 49.6 Å². The summed E-state index contributed by atoms with van der Waals surface area (Å²) in [6.45, 7) is 6.43. The van der Waals surface area contributed by atoms with Gasteiger partial charge in [0.05, 0.1) is 11.8 Å². The van der Waals surface area contributed by atoms with Crippen molar-refractivity contribution in [3.05, 3.63) is 53.3 Å². The maximum Gasteiger partial charge on any atom is 0.0650 e. The Hall–Kier alpha value is -1.61. The van der Waals surface area contributed by atoms with Crippen molar-refractivity contribution in [1.29, 1.82) is 0 Å². The van der Waals surface area contributed by atoms with Crippen molar-refractivity contribution in [2.75, 3.05) is 0 Å². The maximum absolute atomic E-state index is 10.2. The third kappa shape index (κ3) is 4.43. The zero-order chi connectivity index (χ0) is 15.2. The number of aromatic nitrogens is 2. The van der Waals surface area contributed by atoms with E-state index in [4.69, 9.17) is 0 Å². The number of aliphatic hydroxyl groups is 1. The lowest BCUT2D eigenvalue weighted by Crippen LogP contribution is -2.13. The Bertz CT molecular complexity index is 562. The summed E-state index contributed by atoms with van der Waals surface area (Å²) >= 11 is 0. The molecule has 21 heavy (non-hydrogen) atoms. The van der Waals surface area contributed by atoms with E-state index in [-0.39, 0.29) is 6.10 Å². The van der Waals surface area contributed by atoms with Gasteiger partial charge in [0.2, 0.25) is 0 Å². The first kappa shape index (κ1) is 15.8. The summed E-state index contributed by atoms with van der Waals surface area (Å²) in [6, 6.07) is 10.8. The highest BCUT2D eigenvalue weighted by Gasteiger charge is 2.10. The second-order valence-electron chi connectivity index (χ2n) is 5.87. The molecule has 1 N–H and O–H groups in total. The molecule has 1 heterocycles. The molecule has 0 fully saturated rings. The minimum atomic E-state index is -0.329. The van der Waals surface area contributed by atoms with E-state index in [9.17, 15) is 5.11 Å². The van der Waals surface area contributed by atoms with Crippen molar-refractivity contribution in [1.82, 2.24) is 9.78 Å². The molecular formula is C18H26N2O. The van der Waals surface area contributed by atoms with Crippen molar-refractivity contribution in [2.45, 2.75) is 58.6 Å². The predicted molar refractivity (Wildman–Crippen MR) is 86.4 cm³/mol. The SMILES string of the molecule is CCC(C)n1ccc(CC(O)CCc2ccccc2C)n1. The lowest BCUT2D eigenvalue weighted by atomic mass is 10.0. The Morgan fingerprint density at radius 2 is 2.00 bits per heavy atom. The number of aliphatic hydroxyl groups excluding tert-OH is 1. The van der Waals surface area contributed by atoms with Crippen LogP contribution in [0.4, 0.5) is 0 Å². The van der Waals surface area contributed by atoms with Crippen molar-refractivity contribution in [3.63, 3.8) is 0 Å². The lowest BCUT2D eigenvalue weighted by molar-refractivity contribution is 0.163. The first-order valence-electron chi connectivity index (χ1n) is 7.86. The van der Waals surface area contributed by atoms with Crippen LogP contribution in [0, 0.1) is 6.92 Å². The average Bonchev–Trinajstić information content (AvgIpc) is 2.94. The number of hydrogen-bond donors (Lipinski definition) is 1. The summed E-state index contributed by atoms with van der Waals surface area (Å²) in [5.74, 6) is 0. The number of hydrogen-bond acceptors (Lipinski definition) is 2. The molecule has 1 aromatic heterocycles. The fourth-order valence-corrected chi connectivity index (χ4v) is 2.47. The molecule has 0 spiro atoms. The number of nitrogens with zero attached hydrogens (tertiary/aromatic N) is 2. The van der Waals surface area contributed by atoms with E-state index in [2.05, 4.69) is 50.1 Å². The molecule has 0 amide bonds. The van der Waals surface area contributed by atoms with Gasteiger partial charge in [-0.15, -0.1) is 0 Å². The van der Waals surface area contributed by atoms with E-state index in [1.807, 2.05) is 16.9 Å². The van der Waals surface area contributed by atoms with Gasteiger partial charge in [-0.05, 0) is 50.3 Å². The normalized spacial score (nSPS) is 14.1. The van der Waals surface area contributed by atoms with Gasteiger partial charge in [0.15, 0.2) is 0 Å². The molecule has 0 aliphatic heterocycles. The van der Waals surface area contributed by atoms with Crippen LogP contribution in [0.3, 0.4) is 0 Å². The van der Waals surface area contributed by atoms with Crippen LogP contribution >= 0.6 is 0 Å². The summed E-state index contributed by atoms with van der Waals surface area (Å²) in [5.41, 5.74) is 3.60. The van der Waals surface area contributed by atoms with Crippen LogP contribution in [0.2, 0.25) is 0 Å². The van der Waals surface area contributed by atoms with Gasteiger partial charge in [-0.3, -0.25) is 4.68 Å². The minimum absolute atomic E-state index is 0.329. The summed E-state index contributed by atoms with van der Waals surface area (Å²) in [7, 11) is 0. The molecule has 114 valence electrons. The highest BCUT2D eigenvalue weighted by Crippen LogP contribution is 2.14. The van der Waals surface area contributed by atoms with Gasteiger partial charge < -0.3 is 5.11 Å². The zero-order valence-corrected chi connectivity index (χ0v) is 13.3. The molecular weight excluding hydrogens is 260 g/mol. The maximum atomic E-state index is 10.2.